The molecule has 0 aliphatic carbocycles. The van der Waals surface area contributed by atoms with Gasteiger partial charge in [-0.1, -0.05) is 72.8 Å². The molecule has 0 bridgehead atoms. The lowest BCUT2D eigenvalue weighted by atomic mass is 10.1. The third-order valence-electron chi connectivity index (χ3n) is 9.00. The molecule has 0 radical (unpaired) electrons. The van der Waals surface area contributed by atoms with Crippen molar-refractivity contribution in [3.8, 4) is 0 Å². The van der Waals surface area contributed by atoms with Crippen molar-refractivity contribution in [3.05, 3.63) is 190 Å². The van der Waals surface area contributed by atoms with Gasteiger partial charge >= 0.3 is 0 Å². The molecular weight excluding hydrogens is 653 g/mol. The van der Waals surface area contributed by atoms with E-state index in [-0.39, 0.29) is 10.9 Å². The monoisotopic (exact) mass is 680 g/mol. The summed E-state index contributed by atoms with van der Waals surface area (Å²) in [7, 11) is 0. The van der Waals surface area contributed by atoms with Crippen LogP contribution in [0.1, 0.15) is 0 Å². The van der Waals surface area contributed by atoms with Gasteiger partial charge in [0.1, 0.15) is 0 Å². The molecule has 0 fully saturated rings. The van der Waals surface area contributed by atoms with E-state index in [1.807, 2.05) is 109 Å². The Morgan fingerprint density at radius 1 is 0.300 bits per heavy atom. The fraction of sp³-hybridized carbons (Fsp3) is 0. The summed E-state index contributed by atoms with van der Waals surface area (Å²) in [5.74, 6) is 0. The summed E-state index contributed by atoms with van der Waals surface area (Å²) in [4.78, 5) is 32.8. The van der Waals surface area contributed by atoms with E-state index in [0.717, 1.165) is 52.9 Å². The van der Waals surface area contributed by atoms with Crippen LogP contribution in [0.3, 0.4) is 0 Å². The average Bonchev–Trinajstić information content (AvgIpc) is 3.17. The summed E-state index contributed by atoms with van der Waals surface area (Å²) < 4.78 is 3.38. The molecule has 0 aliphatic heterocycles. The lowest BCUT2D eigenvalue weighted by Crippen LogP contribution is -2.11. The maximum absolute atomic E-state index is 14.2. The molecule has 4 nitrogen and oxygen atoms in total. The van der Waals surface area contributed by atoms with E-state index in [4.69, 9.17) is 0 Å². The SMILES string of the molecule is O=c1c2cc(N(c3ccccc3)c3ccccc3)ccc2sc2cc3c(=O)c4cc(N(c5ccccc5)c5ccccc5)ccc4sc3cc12. The van der Waals surface area contributed by atoms with Crippen LogP contribution in [0.2, 0.25) is 0 Å². The van der Waals surface area contributed by atoms with Crippen LogP contribution in [0.4, 0.5) is 34.1 Å². The van der Waals surface area contributed by atoms with Crippen LogP contribution in [0.5, 0.6) is 0 Å². The van der Waals surface area contributed by atoms with E-state index < -0.39 is 0 Å². The van der Waals surface area contributed by atoms with Gasteiger partial charge < -0.3 is 9.80 Å². The Labute approximate surface area is 296 Å². The van der Waals surface area contributed by atoms with Crippen molar-refractivity contribution in [3.63, 3.8) is 0 Å². The Morgan fingerprint density at radius 3 is 0.920 bits per heavy atom. The van der Waals surface area contributed by atoms with Crippen molar-refractivity contribution in [2.45, 2.75) is 0 Å². The van der Waals surface area contributed by atoms with Crippen molar-refractivity contribution < 1.29 is 0 Å². The number of para-hydroxylation sites is 4. The molecule has 2 heterocycles. The van der Waals surface area contributed by atoms with Crippen LogP contribution in [0.25, 0.3) is 40.3 Å². The normalized spacial score (nSPS) is 11.4. The highest BCUT2D eigenvalue weighted by Gasteiger charge is 2.18. The van der Waals surface area contributed by atoms with E-state index in [2.05, 4.69) is 70.5 Å². The molecule has 238 valence electrons. The zero-order chi connectivity index (χ0) is 33.6. The first-order valence-corrected chi connectivity index (χ1v) is 18.0. The fourth-order valence-electron chi connectivity index (χ4n) is 6.66. The molecule has 0 spiro atoms. The molecule has 9 rings (SSSR count). The molecule has 7 aromatic carbocycles. The lowest BCUT2D eigenvalue weighted by Gasteiger charge is -2.25. The maximum atomic E-state index is 14.2. The van der Waals surface area contributed by atoms with Crippen molar-refractivity contribution in [1.82, 2.24) is 0 Å². The molecule has 0 N–H and O–H groups in total. The first-order valence-electron chi connectivity index (χ1n) is 16.3. The summed E-state index contributed by atoms with van der Waals surface area (Å²) in [6, 6.07) is 56.7. The third-order valence-corrected chi connectivity index (χ3v) is 11.3. The third kappa shape index (κ3) is 5.22. The Morgan fingerprint density at radius 2 is 0.600 bits per heavy atom. The minimum Gasteiger partial charge on any atom is -0.310 e. The van der Waals surface area contributed by atoms with Crippen molar-refractivity contribution in [2.75, 3.05) is 9.80 Å². The van der Waals surface area contributed by atoms with Gasteiger partial charge in [-0.25, -0.2) is 0 Å². The van der Waals surface area contributed by atoms with Crippen molar-refractivity contribution in [2.24, 2.45) is 0 Å². The molecule has 50 heavy (non-hydrogen) atoms. The summed E-state index contributed by atoms with van der Waals surface area (Å²) in [5.41, 5.74) is 5.79. The summed E-state index contributed by atoms with van der Waals surface area (Å²) >= 11 is 3.10. The van der Waals surface area contributed by atoms with Gasteiger partial charge in [-0.2, -0.15) is 0 Å². The quantitative estimate of drug-likeness (QED) is 0.164. The Hall–Kier alpha value is -6.08. The lowest BCUT2D eigenvalue weighted by molar-refractivity contribution is 1.29. The summed E-state index contributed by atoms with van der Waals surface area (Å²) in [5, 5.41) is 2.58. The first-order chi connectivity index (χ1) is 24.6. The van der Waals surface area contributed by atoms with Crippen LogP contribution in [-0.4, -0.2) is 0 Å². The molecule has 0 unspecified atom stereocenters. The van der Waals surface area contributed by atoms with Crippen LogP contribution >= 0.6 is 22.7 Å². The first kappa shape index (κ1) is 30.0. The van der Waals surface area contributed by atoms with E-state index in [9.17, 15) is 9.59 Å². The number of benzene rings is 7. The number of nitrogens with zero attached hydrogens (tertiary/aromatic N) is 2. The number of rotatable bonds is 6. The maximum Gasteiger partial charge on any atom is 0.195 e. The van der Waals surface area contributed by atoms with Gasteiger partial charge in [0.05, 0.1) is 0 Å². The van der Waals surface area contributed by atoms with Gasteiger partial charge in [0.2, 0.25) is 0 Å². The largest absolute Gasteiger partial charge is 0.310 e. The van der Waals surface area contributed by atoms with Gasteiger partial charge in [0.25, 0.3) is 0 Å². The minimum atomic E-state index is -0.0324. The van der Waals surface area contributed by atoms with Gasteiger partial charge in [-0.3, -0.25) is 9.59 Å². The number of hydrogen-bond donors (Lipinski definition) is 0. The molecule has 0 amide bonds. The zero-order valence-electron chi connectivity index (χ0n) is 26.7. The van der Waals surface area contributed by atoms with Gasteiger partial charge in [0, 0.05) is 74.5 Å². The van der Waals surface area contributed by atoms with Gasteiger partial charge in [-0.05, 0) is 97.1 Å². The molecule has 0 saturated carbocycles. The van der Waals surface area contributed by atoms with Crippen LogP contribution in [0, 0.1) is 0 Å². The smallest absolute Gasteiger partial charge is 0.195 e. The zero-order valence-corrected chi connectivity index (χ0v) is 28.3. The summed E-state index contributed by atoms with van der Waals surface area (Å²) in [6.07, 6.45) is 0. The van der Waals surface area contributed by atoms with Crippen molar-refractivity contribution >= 4 is 97.1 Å². The number of hydrogen-bond acceptors (Lipinski definition) is 6. The predicted molar refractivity (Wildman–Crippen MR) is 214 cm³/mol. The second-order valence-electron chi connectivity index (χ2n) is 12.1. The summed E-state index contributed by atoms with van der Waals surface area (Å²) in [6.45, 7) is 0. The second-order valence-corrected chi connectivity index (χ2v) is 14.2. The molecule has 6 heteroatoms. The van der Waals surface area contributed by atoms with E-state index in [0.29, 0.717) is 21.5 Å². The Bertz CT molecular complexity index is 2530. The molecular formula is C44H28N2O2S2. The van der Waals surface area contributed by atoms with Gasteiger partial charge in [0.15, 0.2) is 10.9 Å². The highest BCUT2D eigenvalue weighted by Crippen LogP contribution is 2.39. The van der Waals surface area contributed by atoms with E-state index in [1.54, 1.807) is 22.7 Å². The number of anilines is 6. The highest BCUT2D eigenvalue weighted by atomic mass is 32.1. The van der Waals surface area contributed by atoms with Crippen molar-refractivity contribution in [1.29, 1.82) is 0 Å². The average molecular weight is 681 g/mol. The number of fused-ring (bicyclic) bond motifs is 4. The molecule has 0 saturated heterocycles. The van der Waals surface area contributed by atoms with Crippen LogP contribution in [-0.2, 0) is 0 Å². The van der Waals surface area contributed by atoms with Gasteiger partial charge in [-0.15, -0.1) is 22.7 Å². The molecule has 9 aromatic rings. The van der Waals surface area contributed by atoms with E-state index in [1.165, 1.54) is 0 Å². The highest BCUT2D eigenvalue weighted by molar-refractivity contribution is 7.26. The molecule has 0 aliphatic rings. The topological polar surface area (TPSA) is 40.6 Å². The minimum absolute atomic E-state index is 0.0324. The second kappa shape index (κ2) is 12.4. The molecule has 0 atom stereocenters. The standard InChI is InChI=1S/C44H28N2O2S2/c47-43-35-25-33(45(29-13-5-1-6-14-29)30-15-7-2-8-16-30)21-23-39(35)49-41-28-38-42(27-37(41)43)50-40-24-22-34(26-36(40)44(38)48)46(31-17-9-3-10-18-31)32-19-11-4-12-20-32/h1-28H. The Kier molecular flexibility index (Phi) is 7.46. The molecule has 2 aromatic heterocycles. The Balaban J connectivity index is 1.20. The predicted octanol–water partition coefficient (Wildman–Crippen LogP) is 12.1. The van der Waals surface area contributed by atoms with Crippen LogP contribution < -0.4 is 20.7 Å². The van der Waals surface area contributed by atoms with Crippen LogP contribution in [0.15, 0.2) is 179 Å². The fourth-order valence-corrected chi connectivity index (χ4v) is 8.81. The van der Waals surface area contributed by atoms with E-state index >= 15 is 0 Å².